The number of amides is 2. The number of aromatic carboxylic acids is 1. The van der Waals surface area contributed by atoms with Crippen molar-refractivity contribution in [2.75, 3.05) is 5.32 Å². The predicted molar refractivity (Wildman–Crippen MR) is 96.3 cm³/mol. The fourth-order valence-corrected chi connectivity index (χ4v) is 2.92. The van der Waals surface area contributed by atoms with E-state index in [4.69, 9.17) is 5.11 Å². The van der Waals surface area contributed by atoms with Crippen molar-refractivity contribution in [3.05, 3.63) is 59.7 Å². The summed E-state index contributed by atoms with van der Waals surface area (Å²) in [5.41, 5.74) is 2.71. The molecule has 2 amide bonds. The van der Waals surface area contributed by atoms with Crippen LogP contribution in [0.4, 0.5) is 5.69 Å². The van der Waals surface area contributed by atoms with E-state index in [2.05, 4.69) is 5.32 Å². The fourth-order valence-electron chi connectivity index (χ4n) is 2.06. The van der Waals surface area contributed by atoms with Crippen molar-refractivity contribution in [2.24, 2.45) is 0 Å². The molecule has 0 aliphatic rings. The molecule has 9 nitrogen and oxygen atoms in total. The smallest absolute Gasteiger partial charge is 0.337 e. The lowest BCUT2D eigenvalue weighted by molar-refractivity contribution is -0.127. The number of aryl methyl sites for hydroxylation is 1. The van der Waals surface area contributed by atoms with E-state index in [0.717, 1.165) is 5.56 Å². The van der Waals surface area contributed by atoms with Crippen molar-refractivity contribution in [3.63, 3.8) is 0 Å². The number of hydrazine groups is 1. The number of sulfonamides is 1. The minimum atomic E-state index is -3.98. The van der Waals surface area contributed by atoms with E-state index in [1.165, 1.54) is 36.4 Å². The third-order valence-corrected chi connectivity index (χ3v) is 4.67. The molecule has 4 N–H and O–H groups in total. The van der Waals surface area contributed by atoms with Gasteiger partial charge >= 0.3 is 5.97 Å². The summed E-state index contributed by atoms with van der Waals surface area (Å²) in [4.78, 5) is 36.6. The zero-order valence-corrected chi connectivity index (χ0v) is 15.0. The Balaban J connectivity index is 1.93. The highest BCUT2D eigenvalue weighted by molar-refractivity contribution is 7.89. The highest BCUT2D eigenvalue weighted by Gasteiger charge is 2.17. The van der Waals surface area contributed by atoms with E-state index in [0.29, 0.717) is 0 Å². The Morgan fingerprint density at radius 1 is 0.963 bits per heavy atom. The Morgan fingerprint density at radius 3 is 2.22 bits per heavy atom. The molecule has 0 aromatic heterocycles. The normalized spacial score (nSPS) is 10.9. The molecule has 0 saturated heterocycles. The zero-order chi connectivity index (χ0) is 20.0. The van der Waals surface area contributed by atoms with Gasteiger partial charge in [0.25, 0.3) is 10.0 Å². The van der Waals surface area contributed by atoms with Crippen LogP contribution in [0.15, 0.2) is 53.4 Å². The first-order chi connectivity index (χ1) is 12.7. The molecule has 0 aliphatic heterocycles. The number of carboxylic acid groups (broad SMARTS) is 1. The average molecular weight is 391 g/mol. The number of carbonyl (C=O) groups is 3. The Bertz CT molecular complexity index is 970. The molecule has 142 valence electrons. The van der Waals surface area contributed by atoms with Crippen molar-refractivity contribution >= 4 is 33.5 Å². The van der Waals surface area contributed by atoms with Crippen LogP contribution in [-0.4, -0.2) is 31.3 Å². The molecule has 0 unspecified atom stereocenters. The van der Waals surface area contributed by atoms with Crippen molar-refractivity contribution in [1.82, 2.24) is 10.3 Å². The number of rotatable bonds is 7. The topological polar surface area (TPSA) is 142 Å². The number of para-hydroxylation sites is 1. The molecule has 0 heterocycles. The second-order valence-electron chi connectivity index (χ2n) is 5.54. The van der Waals surface area contributed by atoms with E-state index in [-0.39, 0.29) is 16.1 Å². The van der Waals surface area contributed by atoms with E-state index in [1.807, 2.05) is 10.3 Å². The summed E-state index contributed by atoms with van der Waals surface area (Å²) < 4.78 is 24.1. The minimum Gasteiger partial charge on any atom is -0.478 e. The standard InChI is InChI=1S/C17H17N3O6S/c1-11-6-8-12(9-7-11)27(25,26)20-19-16(22)10-15(21)18-14-5-3-2-4-13(14)17(23)24/h2-9,20H,10H2,1H3,(H,18,21)(H,19,22)(H,23,24). The maximum atomic E-state index is 12.1. The first-order valence-corrected chi connectivity index (χ1v) is 9.17. The molecule has 0 bridgehead atoms. The van der Waals surface area contributed by atoms with Gasteiger partial charge < -0.3 is 10.4 Å². The van der Waals surface area contributed by atoms with Gasteiger partial charge in [0.1, 0.15) is 6.42 Å². The van der Waals surface area contributed by atoms with Gasteiger partial charge in [0.15, 0.2) is 0 Å². The lowest BCUT2D eigenvalue weighted by Crippen LogP contribution is -2.42. The Kier molecular flexibility index (Phi) is 6.27. The molecule has 27 heavy (non-hydrogen) atoms. The van der Waals surface area contributed by atoms with Gasteiger partial charge in [0.05, 0.1) is 16.1 Å². The zero-order valence-electron chi connectivity index (χ0n) is 14.2. The van der Waals surface area contributed by atoms with Crippen LogP contribution in [-0.2, 0) is 19.6 Å². The maximum Gasteiger partial charge on any atom is 0.337 e. The van der Waals surface area contributed by atoms with E-state index in [1.54, 1.807) is 19.1 Å². The number of carboxylic acids is 1. The second kappa shape index (κ2) is 8.43. The molecular weight excluding hydrogens is 374 g/mol. The molecule has 10 heteroatoms. The third kappa shape index (κ3) is 5.62. The summed E-state index contributed by atoms with van der Waals surface area (Å²) in [5, 5.41) is 11.4. The number of hydrogen-bond donors (Lipinski definition) is 4. The monoisotopic (exact) mass is 391 g/mol. The fraction of sp³-hybridized carbons (Fsp3) is 0.118. The molecule has 0 atom stereocenters. The van der Waals surface area contributed by atoms with Crippen LogP contribution in [0.3, 0.4) is 0 Å². The second-order valence-corrected chi connectivity index (χ2v) is 7.22. The molecular formula is C17H17N3O6S. The van der Waals surface area contributed by atoms with E-state index in [9.17, 15) is 22.8 Å². The van der Waals surface area contributed by atoms with Crippen molar-refractivity contribution in [1.29, 1.82) is 0 Å². The lowest BCUT2D eigenvalue weighted by Gasteiger charge is -2.10. The summed E-state index contributed by atoms with van der Waals surface area (Å²) >= 11 is 0. The van der Waals surface area contributed by atoms with Crippen molar-refractivity contribution in [2.45, 2.75) is 18.2 Å². The van der Waals surface area contributed by atoms with Crippen LogP contribution in [0.1, 0.15) is 22.3 Å². The molecule has 0 radical (unpaired) electrons. The first kappa shape index (κ1) is 20.1. The Hall–Kier alpha value is -3.24. The van der Waals surface area contributed by atoms with Crippen LogP contribution in [0, 0.1) is 6.92 Å². The lowest BCUT2D eigenvalue weighted by atomic mass is 10.2. The van der Waals surface area contributed by atoms with Crippen molar-refractivity contribution in [3.8, 4) is 0 Å². The van der Waals surface area contributed by atoms with E-state index < -0.39 is 34.2 Å². The SMILES string of the molecule is Cc1ccc(S(=O)(=O)NNC(=O)CC(=O)Nc2ccccc2C(=O)O)cc1. The van der Waals surface area contributed by atoms with E-state index >= 15 is 0 Å². The largest absolute Gasteiger partial charge is 0.478 e. The van der Waals surface area contributed by atoms with Gasteiger partial charge in [-0.25, -0.2) is 13.2 Å². The minimum absolute atomic E-state index is 0.0306. The Morgan fingerprint density at radius 2 is 1.59 bits per heavy atom. The number of hydrogen-bond acceptors (Lipinski definition) is 5. The first-order valence-electron chi connectivity index (χ1n) is 7.68. The molecule has 2 aromatic rings. The highest BCUT2D eigenvalue weighted by Crippen LogP contribution is 2.15. The molecule has 0 aliphatic carbocycles. The summed E-state index contributed by atoms with van der Waals surface area (Å²) in [6, 6.07) is 11.6. The van der Waals surface area contributed by atoms with Gasteiger partial charge in [0.2, 0.25) is 11.8 Å². The van der Waals surface area contributed by atoms with Crippen LogP contribution in [0.2, 0.25) is 0 Å². The summed E-state index contributed by atoms with van der Waals surface area (Å²) in [5.74, 6) is -2.94. The van der Waals surface area contributed by atoms with Gasteiger partial charge in [-0.15, -0.1) is 4.83 Å². The third-order valence-electron chi connectivity index (χ3n) is 3.41. The summed E-state index contributed by atoms with van der Waals surface area (Å²) in [7, 11) is -3.98. The average Bonchev–Trinajstić information content (AvgIpc) is 2.60. The molecule has 2 aromatic carbocycles. The van der Waals surface area contributed by atoms with Gasteiger partial charge in [-0.1, -0.05) is 29.8 Å². The maximum absolute atomic E-state index is 12.1. The number of nitrogens with one attached hydrogen (secondary N) is 3. The van der Waals surface area contributed by atoms with Crippen molar-refractivity contribution < 1.29 is 27.9 Å². The van der Waals surface area contributed by atoms with Crippen LogP contribution in [0.5, 0.6) is 0 Å². The number of carbonyl (C=O) groups excluding carboxylic acids is 2. The molecule has 0 spiro atoms. The summed E-state index contributed by atoms with van der Waals surface area (Å²) in [6.07, 6.45) is -0.704. The number of anilines is 1. The highest BCUT2D eigenvalue weighted by atomic mass is 32.2. The van der Waals surface area contributed by atoms with Gasteiger partial charge in [-0.3, -0.25) is 15.0 Å². The molecule has 0 saturated carbocycles. The molecule has 2 rings (SSSR count). The van der Waals surface area contributed by atoms with Gasteiger partial charge in [-0.05, 0) is 31.2 Å². The summed E-state index contributed by atoms with van der Waals surface area (Å²) in [6.45, 7) is 1.80. The molecule has 0 fully saturated rings. The van der Waals surface area contributed by atoms with Crippen LogP contribution >= 0.6 is 0 Å². The van der Waals surface area contributed by atoms with Gasteiger partial charge in [-0.2, -0.15) is 0 Å². The quantitative estimate of drug-likeness (QED) is 0.410. The Labute approximate surface area is 155 Å². The number of benzene rings is 2. The van der Waals surface area contributed by atoms with Crippen LogP contribution in [0.25, 0.3) is 0 Å². The van der Waals surface area contributed by atoms with Gasteiger partial charge in [0, 0.05) is 0 Å². The predicted octanol–water partition coefficient (Wildman–Crippen LogP) is 1.03. The van der Waals surface area contributed by atoms with Crippen LogP contribution < -0.4 is 15.6 Å².